The summed E-state index contributed by atoms with van der Waals surface area (Å²) in [7, 11) is 0. The summed E-state index contributed by atoms with van der Waals surface area (Å²) in [6.45, 7) is 3.55. The standard InChI is InChI=1S/C59H104O14/c1-3-5-7-9-11-13-15-17-19-21-22-23-24-25-27-29-31-33-35-37-39-41-43-68-45-48(71-51(61)42-40-38-36-34-32-30-28-26-20-18-16-14-12-10-8-6-4-2)46-69-58-57(67)55(65)53(63)50(73-58)47-70-59-56(66)54(64)52(62)49(44-60)72-59/h6,8,12,14,18,20-22,28,30,48-50,52-60,62-67H,3-5,7,9-11,13,15-17,19,23-27,29,31-47H2,1-2H3/b8-6-,14-12-,20-18-,22-21-,30-28-. The molecule has 2 saturated heterocycles. The quantitative estimate of drug-likeness (QED) is 0.0172. The summed E-state index contributed by atoms with van der Waals surface area (Å²) < 4.78 is 34.4. The molecular weight excluding hydrogens is 933 g/mol. The van der Waals surface area contributed by atoms with Gasteiger partial charge >= 0.3 is 5.97 Å². The van der Waals surface area contributed by atoms with Gasteiger partial charge in [-0.15, -0.1) is 0 Å². The van der Waals surface area contributed by atoms with Crippen molar-refractivity contribution in [3.05, 3.63) is 60.8 Å². The van der Waals surface area contributed by atoms with E-state index in [2.05, 4.69) is 74.6 Å². The van der Waals surface area contributed by atoms with Gasteiger partial charge in [0.05, 0.1) is 26.4 Å². The first-order valence-corrected chi connectivity index (χ1v) is 28.9. The molecule has 0 spiro atoms. The van der Waals surface area contributed by atoms with Crippen LogP contribution in [0.3, 0.4) is 0 Å². The summed E-state index contributed by atoms with van der Waals surface area (Å²) in [6.07, 6.45) is 40.0. The first-order chi connectivity index (χ1) is 35.6. The van der Waals surface area contributed by atoms with Gasteiger partial charge in [-0.1, -0.05) is 184 Å². The Kier molecular flexibility index (Phi) is 42.0. The maximum atomic E-state index is 13.1. The predicted octanol–water partition coefficient (Wildman–Crippen LogP) is 10.1. The third-order valence-electron chi connectivity index (χ3n) is 13.5. The number of carbonyl (C=O) groups is 1. The zero-order valence-corrected chi connectivity index (χ0v) is 45.4. The van der Waals surface area contributed by atoms with E-state index in [0.717, 1.165) is 70.6 Å². The summed E-state index contributed by atoms with van der Waals surface area (Å²) in [5.74, 6) is -0.399. The molecule has 424 valence electrons. The van der Waals surface area contributed by atoms with Crippen molar-refractivity contribution in [2.45, 2.75) is 274 Å². The van der Waals surface area contributed by atoms with Gasteiger partial charge < -0.3 is 64.2 Å². The molecule has 2 heterocycles. The maximum absolute atomic E-state index is 13.1. The van der Waals surface area contributed by atoms with Crippen LogP contribution in [0.25, 0.3) is 0 Å². The maximum Gasteiger partial charge on any atom is 0.306 e. The molecule has 73 heavy (non-hydrogen) atoms. The van der Waals surface area contributed by atoms with Gasteiger partial charge in [-0.2, -0.15) is 0 Å². The molecule has 2 aliphatic rings. The largest absolute Gasteiger partial charge is 0.457 e. The van der Waals surface area contributed by atoms with Crippen molar-refractivity contribution in [3.8, 4) is 0 Å². The number of aliphatic hydroxyl groups is 7. The van der Waals surface area contributed by atoms with Crippen molar-refractivity contribution in [1.29, 1.82) is 0 Å². The molecule has 0 bridgehead atoms. The van der Waals surface area contributed by atoms with Crippen molar-refractivity contribution in [1.82, 2.24) is 0 Å². The summed E-state index contributed by atoms with van der Waals surface area (Å²) in [6, 6.07) is 0. The van der Waals surface area contributed by atoms with E-state index in [9.17, 15) is 40.5 Å². The van der Waals surface area contributed by atoms with E-state index >= 15 is 0 Å². The smallest absolute Gasteiger partial charge is 0.306 e. The number of allylic oxidation sites excluding steroid dienone is 10. The van der Waals surface area contributed by atoms with Crippen LogP contribution < -0.4 is 0 Å². The highest BCUT2D eigenvalue weighted by atomic mass is 16.7. The third kappa shape index (κ3) is 32.8. The normalized spacial score (nSPS) is 25.4. The Morgan fingerprint density at radius 1 is 0.466 bits per heavy atom. The van der Waals surface area contributed by atoms with Crippen LogP contribution in [-0.4, -0.2) is 142 Å². The number of ether oxygens (including phenoxy) is 6. The van der Waals surface area contributed by atoms with Gasteiger partial charge in [-0.05, 0) is 77.0 Å². The van der Waals surface area contributed by atoms with Crippen LogP contribution in [0.5, 0.6) is 0 Å². The molecule has 7 N–H and O–H groups in total. The second kappa shape index (κ2) is 45.8. The molecule has 0 aromatic heterocycles. The molecule has 11 unspecified atom stereocenters. The Hall–Kier alpha value is -2.31. The molecule has 0 amide bonds. The fourth-order valence-corrected chi connectivity index (χ4v) is 8.86. The Labute approximate surface area is 441 Å². The van der Waals surface area contributed by atoms with Gasteiger partial charge in [0.25, 0.3) is 0 Å². The van der Waals surface area contributed by atoms with Gasteiger partial charge in [0.1, 0.15) is 54.9 Å². The molecule has 0 saturated carbocycles. The molecule has 14 heteroatoms. The molecule has 11 atom stereocenters. The summed E-state index contributed by atoms with van der Waals surface area (Å²) in [5, 5.41) is 72.3. The first-order valence-electron chi connectivity index (χ1n) is 28.9. The second-order valence-corrected chi connectivity index (χ2v) is 20.1. The molecular formula is C59H104O14. The van der Waals surface area contributed by atoms with Crippen LogP contribution in [0, 0.1) is 0 Å². The number of hydrogen-bond acceptors (Lipinski definition) is 14. The highest BCUT2D eigenvalue weighted by Gasteiger charge is 2.47. The van der Waals surface area contributed by atoms with Crippen molar-refractivity contribution < 1.29 is 69.0 Å². The van der Waals surface area contributed by atoms with E-state index in [1.54, 1.807) is 0 Å². The van der Waals surface area contributed by atoms with E-state index in [4.69, 9.17) is 28.4 Å². The van der Waals surface area contributed by atoms with E-state index in [1.807, 2.05) is 0 Å². The topological polar surface area (TPSA) is 214 Å². The van der Waals surface area contributed by atoms with Gasteiger partial charge in [-0.3, -0.25) is 4.79 Å². The number of hydrogen-bond donors (Lipinski definition) is 7. The predicted molar refractivity (Wildman–Crippen MR) is 289 cm³/mol. The Morgan fingerprint density at radius 3 is 1.41 bits per heavy atom. The highest BCUT2D eigenvalue weighted by molar-refractivity contribution is 5.69. The van der Waals surface area contributed by atoms with Crippen LogP contribution in [0.15, 0.2) is 60.8 Å². The lowest BCUT2D eigenvalue weighted by Gasteiger charge is -2.42. The van der Waals surface area contributed by atoms with E-state index in [0.29, 0.717) is 13.0 Å². The van der Waals surface area contributed by atoms with Crippen LogP contribution in [0.4, 0.5) is 0 Å². The fourth-order valence-electron chi connectivity index (χ4n) is 8.86. The zero-order valence-electron chi connectivity index (χ0n) is 45.4. The van der Waals surface area contributed by atoms with Crippen LogP contribution in [0.1, 0.15) is 206 Å². The molecule has 0 aromatic carbocycles. The molecule has 2 fully saturated rings. The Bertz CT molecular complexity index is 1440. The molecule has 0 aromatic rings. The molecule has 0 aliphatic carbocycles. The van der Waals surface area contributed by atoms with Gasteiger partial charge in [-0.25, -0.2) is 0 Å². The monoisotopic (exact) mass is 1040 g/mol. The van der Waals surface area contributed by atoms with Crippen molar-refractivity contribution in [2.24, 2.45) is 0 Å². The van der Waals surface area contributed by atoms with E-state index < -0.39 is 86.7 Å². The lowest BCUT2D eigenvalue weighted by atomic mass is 9.98. The average molecular weight is 1040 g/mol. The van der Waals surface area contributed by atoms with Crippen molar-refractivity contribution in [3.63, 3.8) is 0 Å². The van der Waals surface area contributed by atoms with Gasteiger partial charge in [0, 0.05) is 13.0 Å². The minimum absolute atomic E-state index is 0.0489. The Balaban J connectivity index is 1.72. The number of esters is 1. The van der Waals surface area contributed by atoms with Crippen molar-refractivity contribution in [2.75, 3.05) is 33.0 Å². The number of carbonyl (C=O) groups excluding carboxylic acids is 1. The van der Waals surface area contributed by atoms with E-state index in [-0.39, 0.29) is 19.6 Å². The van der Waals surface area contributed by atoms with Crippen LogP contribution >= 0.6 is 0 Å². The highest BCUT2D eigenvalue weighted by Crippen LogP contribution is 2.26. The molecule has 2 rings (SSSR count). The first kappa shape index (κ1) is 66.8. The van der Waals surface area contributed by atoms with Crippen LogP contribution in [0.2, 0.25) is 0 Å². The minimum Gasteiger partial charge on any atom is -0.457 e. The van der Waals surface area contributed by atoms with E-state index in [1.165, 1.54) is 109 Å². The fraction of sp³-hybridized carbons (Fsp3) is 0.814. The van der Waals surface area contributed by atoms with Crippen molar-refractivity contribution >= 4 is 5.97 Å². The summed E-state index contributed by atoms with van der Waals surface area (Å²) in [4.78, 5) is 13.1. The second-order valence-electron chi connectivity index (χ2n) is 20.1. The summed E-state index contributed by atoms with van der Waals surface area (Å²) >= 11 is 0. The SMILES string of the molecule is CC/C=C\C/C=C\C/C=C\C/C=C\CCCCCCC(=O)OC(COCCCCCCCCCCCC/C=C\CCCCCCCCCC)COC1OC(COC2OC(CO)C(O)C(O)C2O)C(O)C(O)C1O. The third-order valence-corrected chi connectivity index (χ3v) is 13.5. The van der Waals surface area contributed by atoms with Gasteiger partial charge in [0.2, 0.25) is 0 Å². The average Bonchev–Trinajstić information content (AvgIpc) is 3.39. The molecule has 0 radical (unpaired) electrons. The number of aliphatic hydroxyl groups excluding tert-OH is 7. The lowest BCUT2D eigenvalue weighted by molar-refractivity contribution is -0.332. The van der Waals surface area contributed by atoms with Crippen LogP contribution in [-0.2, 0) is 33.2 Å². The zero-order chi connectivity index (χ0) is 53.0. The minimum atomic E-state index is -1.71. The lowest BCUT2D eigenvalue weighted by Crippen LogP contribution is -2.61. The number of unbranched alkanes of at least 4 members (excludes halogenated alkanes) is 22. The number of rotatable bonds is 46. The molecule has 2 aliphatic heterocycles. The summed E-state index contributed by atoms with van der Waals surface area (Å²) in [5.41, 5.74) is 0. The Morgan fingerprint density at radius 2 is 0.890 bits per heavy atom. The molecule has 14 nitrogen and oxygen atoms in total. The van der Waals surface area contributed by atoms with Gasteiger partial charge in [0.15, 0.2) is 12.6 Å².